The van der Waals surface area contributed by atoms with E-state index in [0.29, 0.717) is 44.0 Å². The molecule has 8 nitrogen and oxygen atoms in total. The van der Waals surface area contributed by atoms with Gasteiger partial charge in [0.05, 0.1) is 37.9 Å². The summed E-state index contributed by atoms with van der Waals surface area (Å²) in [5.74, 6) is 1.76. The molecule has 0 amide bonds. The standard InChI is InChI=1S/C25H40N4O4S/c1-17(2)15-33-16-19(30)13-29(7-6-28-8-10-32-11-9-28)14-22-26-24(31)23-20-5-4-18(3)12-21(20)34-25(23)27-22/h17-19,30H,4-16H2,1-3H3,(H,26,27,31)/t18-,19+/m0/s1. The van der Waals surface area contributed by atoms with E-state index < -0.39 is 6.10 Å². The summed E-state index contributed by atoms with van der Waals surface area (Å²) in [7, 11) is 0. The molecule has 1 fully saturated rings. The van der Waals surface area contributed by atoms with Gasteiger partial charge in [0, 0.05) is 44.2 Å². The molecule has 1 saturated heterocycles. The number of thiophene rings is 1. The van der Waals surface area contributed by atoms with E-state index in [2.05, 4.69) is 35.6 Å². The van der Waals surface area contributed by atoms with Crippen LogP contribution in [0.15, 0.2) is 4.79 Å². The summed E-state index contributed by atoms with van der Waals surface area (Å²) in [5.41, 5.74) is 1.18. The van der Waals surface area contributed by atoms with Gasteiger partial charge in [0.25, 0.3) is 5.56 Å². The van der Waals surface area contributed by atoms with Gasteiger partial charge in [0.2, 0.25) is 0 Å². The van der Waals surface area contributed by atoms with Crippen LogP contribution in [0.1, 0.15) is 43.5 Å². The molecule has 0 bridgehead atoms. The predicted molar refractivity (Wildman–Crippen MR) is 136 cm³/mol. The number of nitrogens with one attached hydrogen (secondary N) is 1. The second-order valence-electron chi connectivity index (χ2n) is 10.3. The molecule has 0 aromatic carbocycles. The number of nitrogens with zero attached hydrogens (tertiary/aromatic N) is 3. The zero-order valence-corrected chi connectivity index (χ0v) is 21.7. The fraction of sp³-hybridized carbons (Fsp3) is 0.760. The lowest BCUT2D eigenvalue weighted by Gasteiger charge is -2.30. The summed E-state index contributed by atoms with van der Waals surface area (Å²) >= 11 is 1.68. The molecule has 2 atom stereocenters. The number of aliphatic hydroxyl groups is 1. The van der Waals surface area contributed by atoms with Crippen LogP contribution in [-0.2, 0) is 28.9 Å². The van der Waals surface area contributed by atoms with Crippen LogP contribution in [0, 0.1) is 11.8 Å². The van der Waals surface area contributed by atoms with Gasteiger partial charge in [-0.1, -0.05) is 20.8 Å². The maximum Gasteiger partial charge on any atom is 0.259 e. The van der Waals surface area contributed by atoms with Crippen molar-refractivity contribution in [1.29, 1.82) is 0 Å². The molecule has 4 rings (SSSR count). The predicted octanol–water partition coefficient (Wildman–Crippen LogP) is 2.28. The quantitative estimate of drug-likeness (QED) is 0.497. The minimum absolute atomic E-state index is 0.0269. The molecule has 0 unspecified atom stereocenters. The lowest BCUT2D eigenvalue weighted by molar-refractivity contribution is 0.000565. The summed E-state index contributed by atoms with van der Waals surface area (Å²) < 4.78 is 11.1. The minimum atomic E-state index is -0.588. The number of morpholine rings is 1. The van der Waals surface area contributed by atoms with Crippen LogP contribution in [0.5, 0.6) is 0 Å². The van der Waals surface area contributed by atoms with Gasteiger partial charge in [-0.25, -0.2) is 4.98 Å². The lowest BCUT2D eigenvalue weighted by Crippen LogP contribution is -2.43. The van der Waals surface area contributed by atoms with Gasteiger partial charge in [0.15, 0.2) is 0 Å². The van der Waals surface area contributed by atoms with Crippen molar-refractivity contribution in [1.82, 2.24) is 19.8 Å². The number of aromatic amines is 1. The molecule has 3 heterocycles. The Morgan fingerprint density at radius 3 is 2.88 bits per heavy atom. The highest BCUT2D eigenvalue weighted by atomic mass is 32.1. The monoisotopic (exact) mass is 492 g/mol. The Morgan fingerprint density at radius 2 is 2.12 bits per heavy atom. The zero-order chi connectivity index (χ0) is 24.1. The molecule has 34 heavy (non-hydrogen) atoms. The summed E-state index contributed by atoms with van der Waals surface area (Å²) in [6, 6.07) is 0. The van der Waals surface area contributed by atoms with Gasteiger partial charge in [-0.15, -0.1) is 11.3 Å². The van der Waals surface area contributed by atoms with Crippen molar-refractivity contribution in [2.75, 3.05) is 59.2 Å². The Kier molecular flexibility index (Phi) is 9.12. The number of H-pyrrole nitrogens is 1. The Bertz CT molecular complexity index is 985. The van der Waals surface area contributed by atoms with Gasteiger partial charge in [-0.05, 0) is 36.7 Å². The molecule has 2 aromatic heterocycles. The van der Waals surface area contributed by atoms with E-state index in [1.807, 2.05) is 0 Å². The number of aromatic nitrogens is 2. The average molecular weight is 493 g/mol. The van der Waals surface area contributed by atoms with Crippen LogP contribution in [0.3, 0.4) is 0 Å². The fourth-order valence-corrected chi connectivity index (χ4v) is 6.22. The van der Waals surface area contributed by atoms with Gasteiger partial charge in [-0.3, -0.25) is 14.6 Å². The summed E-state index contributed by atoms with van der Waals surface area (Å²) in [5, 5.41) is 11.4. The van der Waals surface area contributed by atoms with E-state index in [9.17, 15) is 9.90 Å². The highest BCUT2D eigenvalue weighted by molar-refractivity contribution is 7.18. The van der Waals surface area contributed by atoms with Crippen molar-refractivity contribution in [2.24, 2.45) is 11.8 Å². The second-order valence-corrected chi connectivity index (χ2v) is 11.4. The maximum atomic E-state index is 13.0. The van der Waals surface area contributed by atoms with E-state index in [4.69, 9.17) is 14.5 Å². The first kappa shape index (κ1) is 25.7. The number of aliphatic hydroxyl groups excluding tert-OH is 1. The van der Waals surface area contributed by atoms with Crippen LogP contribution in [0.25, 0.3) is 10.2 Å². The lowest BCUT2D eigenvalue weighted by atomic mass is 9.89. The molecule has 0 saturated carbocycles. The first-order valence-corrected chi connectivity index (χ1v) is 13.5. The molecule has 1 aliphatic carbocycles. The Hall–Kier alpha value is -1.36. The van der Waals surface area contributed by atoms with E-state index in [1.165, 1.54) is 10.4 Å². The van der Waals surface area contributed by atoms with Crippen LogP contribution in [-0.4, -0.2) is 90.1 Å². The van der Waals surface area contributed by atoms with E-state index >= 15 is 0 Å². The highest BCUT2D eigenvalue weighted by Crippen LogP contribution is 2.35. The average Bonchev–Trinajstić information content (AvgIpc) is 3.15. The first-order chi connectivity index (χ1) is 16.4. The van der Waals surface area contributed by atoms with Crippen molar-refractivity contribution in [2.45, 2.75) is 52.7 Å². The van der Waals surface area contributed by atoms with Crippen molar-refractivity contribution in [3.63, 3.8) is 0 Å². The third-order valence-electron chi connectivity index (χ3n) is 6.65. The number of hydrogen-bond acceptors (Lipinski definition) is 8. The molecule has 190 valence electrons. The molecular weight excluding hydrogens is 452 g/mol. The number of ether oxygens (including phenoxy) is 2. The minimum Gasteiger partial charge on any atom is -0.389 e. The SMILES string of the molecule is CC(C)COC[C@H](O)CN(CCN1CCOCC1)Cc1nc2sc3c(c2c(=O)[nH]1)CC[C@H](C)C3. The fourth-order valence-electron chi connectivity index (χ4n) is 4.81. The second kappa shape index (κ2) is 12.1. The normalized spacial score (nSPS) is 20.4. The molecule has 1 aliphatic heterocycles. The van der Waals surface area contributed by atoms with Crippen LogP contribution >= 0.6 is 11.3 Å². The van der Waals surface area contributed by atoms with Gasteiger partial charge < -0.3 is 19.6 Å². The molecule has 0 radical (unpaired) electrons. The molecular formula is C25H40N4O4S. The molecule has 0 spiro atoms. The summed E-state index contributed by atoms with van der Waals surface area (Å²) in [6.45, 7) is 13.4. The maximum absolute atomic E-state index is 13.0. The Morgan fingerprint density at radius 1 is 1.32 bits per heavy atom. The van der Waals surface area contributed by atoms with E-state index in [0.717, 1.165) is 68.9 Å². The summed E-state index contributed by atoms with van der Waals surface area (Å²) in [4.78, 5) is 27.7. The first-order valence-electron chi connectivity index (χ1n) is 12.7. The van der Waals surface area contributed by atoms with Crippen molar-refractivity contribution >= 4 is 21.6 Å². The highest BCUT2D eigenvalue weighted by Gasteiger charge is 2.24. The van der Waals surface area contributed by atoms with Crippen molar-refractivity contribution < 1.29 is 14.6 Å². The number of hydrogen-bond donors (Lipinski definition) is 2. The Balaban J connectivity index is 1.46. The van der Waals surface area contributed by atoms with Crippen molar-refractivity contribution in [3.8, 4) is 0 Å². The topological polar surface area (TPSA) is 90.9 Å². The molecule has 2 aliphatic rings. The van der Waals surface area contributed by atoms with Crippen LogP contribution < -0.4 is 5.56 Å². The van der Waals surface area contributed by atoms with E-state index in [-0.39, 0.29) is 5.56 Å². The summed E-state index contributed by atoms with van der Waals surface area (Å²) in [6.07, 6.45) is 2.55. The van der Waals surface area contributed by atoms with Gasteiger partial charge >= 0.3 is 0 Å². The number of rotatable bonds is 11. The van der Waals surface area contributed by atoms with Crippen molar-refractivity contribution in [3.05, 3.63) is 26.6 Å². The third-order valence-corrected chi connectivity index (χ3v) is 7.80. The van der Waals surface area contributed by atoms with Gasteiger partial charge in [-0.2, -0.15) is 0 Å². The zero-order valence-electron chi connectivity index (χ0n) is 20.8. The van der Waals surface area contributed by atoms with E-state index in [1.54, 1.807) is 11.3 Å². The number of fused-ring (bicyclic) bond motifs is 3. The van der Waals surface area contributed by atoms with Crippen LogP contribution in [0.2, 0.25) is 0 Å². The molecule has 2 N–H and O–H groups in total. The van der Waals surface area contributed by atoms with Crippen LogP contribution in [0.4, 0.5) is 0 Å². The Labute approximate surface area is 206 Å². The third kappa shape index (κ3) is 6.86. The largest absolute Gasteiger partial charge is 0.389 e. The molecule has 9 heteroatoms. The molecule has 2 aromatic rings. The smallest absolute Gasteiger partial charge is 0.259 e. The van der Waals surface area contributed by atoms with Gasteiger partial charge in [0.1, 0.15) is 10.7 Å². The number of aryl methyl sites for hydroxylation is 1.